The second-order valence-electron chi connectivity index (χ2n) is 12.4. The number of ether oxygens (including phenoxy) is 1. The number of hydrogen-bond acceptors (Lipinski definition) is 4. The van der Waals surface area contributed by atoms with E-state index in [4.69, 9.17) is 4.74 Å². The van der Waals surface area contributed by atoms with E-state index in [2.05, 4.69) is 17.6 Å². The lowest BCUT2D eigenvalue weighted by Crippen LogP contribution is -2.57. The Labute approximate surface area is 240 Å². The lowest BCUT2D eigenvalue weighted by molar-refractivity contribution is -0.146. The summed E-state index contributed by atoms with van der Waals surface area (Å²) < 4.78 is 5.50. The number of benzene rings is 2. The van der Waals surface area contributed by atoms with Crippen molar-refractivity contribution in [2.45, 2.75) is 111 Å². The van der Waals surface area contributed by atoms with Crippen LogP contribution in [0.3, 0.4) is 0 Å². The van der Waals surface area contributed by atoms with Gasteiger partial charge in [-0.25, -0.2) is 4.79 Å². The highest BCUT2D eigenvalue weighted by Crippen LogP contribution is 2.35. The molecular formula is C33H47N3O4. The molecule has 0 heterocycles. The molecule has 0 aromatic heterocycles. The van der Waals surface area contributed by atoms with Gasteiger partial charge >= 0.3 is 6.09 Å². The molecule has 0 aliphatic heterocycles. The maximum absolute atomic E-state index is 14.4. The Morgan fingerprint density at radius 1 is 1.00 bits per heavy atom. The van der Waals surface area contributed by atoms with Gasteiger partial charge in [0, 0.05) is 11.7 Å². The SMILES string of the molecule is CCc1ccc(C(C(=O)Nc2c(C)cccc2C)N(C(=O)C(CC(C)C)NC(=O)OC(C)(C)C)C2CCC2)cc1. The molecule has 0 radical (unpaired) electrons. The number of carbonyl (C=O) groups is 3. The van der Waals surface area contributed by atoms with Crippen molar-refractivity contribution in [2.75, 3.05) is 5.32 Å². The zero-order valence-electron chi connectivity index (χ0n) is 25.5. The van der Waals surface area contributed by atoms with Crippen LogP contribution in [-0.2, 0) is 20.7 Å². The van der Waals surface area contributed by atoms with E-state index in [1.807, 2.05) is 70.2 Å². The van der Waals surface area contributed by atoms with E-state index in [1.165, 1.54) is 0 Å². The number of anilines is 1. The molecule has 3 rings (SSSR count). The third-order valence-corrected chi connectivity index (χ3v) is 7.38. The largest absolute Gasteiger partial charge is 0.444 e. The number of hydrogen-bond donors (Lipinski definition) is 2. The van der Waals surface area contributed by atoms with Gasteiger partial charge < -0.3 is 20.3 Å². The van der Waals surface area contributed by atoms with Crippen LogP contribution in [-0.4, -0.2) is 40.5 Å². The number of carbonyl (C=O) groups excluding carboxylic acids is 3. The first kappa shape index (κ1) is 31.2. The van der Waals surface area contributed by atoms with Crippen LogP contribution in [0, 0.1) is 19.8 Å². The second-order valence-corrected chi connectivity index (χ2v) is 12.4. The van der Waals surface area contributed by atoms with Gasteiger partial charge in [0.05, 0.1) is 0 Å². The predicted molar refractivity (Wildman–Crippen MR) is 160 cm³/mol. The van der Waals surface area contributed by atoms with Crippen LogP contribution < -0.4 is 10.6 Å². The normalized spacial score (nSPS) is 15.1. The number of aryl methyl sites for hydroxylation is 3. The van der Waals surface area contributed by atoms with E-state index in [0.717, 1.165) is 53.6 Å². The molecule has 1 aliphatic carbocycles. The van der Waals surface area contributed by atoms with Gasteiger partial charge in [0.25, 0.3) is 5.91 Å². The van der Waals surface area contributed by atoms with E-state index in [1.54, 1.807) is 25.7 Å². The van der Waals surface area contributed by atoms with Crippen molar-refractivity contribution in [3.63, 3.8) is 0 Å². The third kappa shape index (κ3) is 8.09. The van der Waals surface area contributed by atoms with Crippen LogP contribution in [0.2, 0.25) is 0 Å². The minimum atomic E-state index is -0.849. The summed E-state index contributed by atoms with van der Waals surface area (Å²) in [5.41, 5.74) is 3.89. The summed E-state index contributed by atoms with van der Waals surface area (Å²) in [6.45, 7) is 15.4. The van der Waals surface area contributed by atoms with Gasteiger partial charge in [0.15, 0.2) is 0 Å². The highest BCUT2D eigenvalue weighted by molar-refractivity contribution is 6.00. The van der Waals surface area contributed by atoms with Crippen molar-refractivity contribution in [1.29, 1.82) is 0 Å². The number of alkyl carbamates (subject to hydrolysis) is 1. The van der Waals surface area contributed by atoms with Crippen molar-refractivity contribution in [3.05, 3.63) is 64.7 Å². The minimum absolute atomic E-state index is 0.0952. The fraction of sp³-hybridized carbons (Fsp3) is 0.545. The lowest BCUT2D eigenvalue weighted by Gasteiger charge is -2.44. The van der Waals surface area contributed by atoms with E-state index in [9.17, 15) is 14.4 Å². The maximum atomic E-state index is 14.4. The molecule has 1 aliphatic rings. The van der Waals surface area contributed by atoms with Crippen LogP contribution >= 0.6 is 0 Å². The Morgan fingerprint density at radius 3 is 2.08 bits per heavy atom. The van der Waals surface area contributed by atoms with Crippen LogP contribution in [0.4, 0.5) is 10.5 Å². The molecule has 7 heteroatoms. The standard InChI is InChI=1S/C33H47N3O4/c1-9-24-16-18-25(19-17-24)29(30(37)35-28-22(4)12-10-13-23(28)5)36(26-14-11-15-26)31(38)27(20-21(2)3)34-32(39)40-33(6,7)8/h10,12-13,16-19,21,26-27,29H,9,11,14-15,20H2,1-8H3,(H,34,39)(H,35,37). The van der Waals surface area contributed by atoms with Crippen molar-refractivity contribution in [1.82, 2.24) is 10.2 Å². The quantitative estimate of drug-likeness (QED) is 0.339. The molecule has 2 aromatic rings. The van der Waals surface area contributed by atoms with Gasteiger partial charge in [0.2, 0.25) is 5.91 Å². The first-order valence-electron chi connectivity index (χ1n) is 14.6. The Morgan fingerprint density at radius 2 is 1.60 bits per heavy atom. The summed E-state index contributed by atoms with van der Waals surface area (Å²) in [5.74, 6) is -0.384. The molecule has 218 valence electrons. The van der Waals surface area contributed by atoms with Crippen LogP contribution in [0.5, 0.6) is 0 Å². The van der Waals surface area contributed by atoms with Gasteiger partial charge in [-0.15, -0.1) is 0 Å². The average molecular weight is 550 g/mol. The van der Waals surface area contributed by atoms with Crippen molar-refractivity contribution in [3.8, 4) is 0 Å². The summed E-state index contributed by atoms with van der Waals surface area (Å²) in [4.78, 5) is 43.2. The van der Waals surface area contributed by atoms with Gasteiger partial charge in [-0.3, -0.25) is 9.59 Å². The summed E-state index contributed by atoms with van der Waals surface area (Å²) in [7, 11) is 0. The Bertz CT molecular complexity index is 1160. The van der Waals surface area contributed by atoms with Crippen LogP contribution in [0.15, 0.2) is 42.5 Å². The molecular weight excluding hydrogens is 502 g/mol. The first-order chi connectivity index (χ1) is 18.8. The van der Waals surface area contributed by atoms with E-state index in [0.29, 0.717) is 6.42 Å². The predicted octanol–water partition coefficient (Wildman–Crippen LogP) is 6.87. The molecule has 2 unspecified atom stereocenters. The summed E-state index contributed by atoms with van der Waals surface area (Å²) in [6, 6.07) is 12.1. The number of rotatable bonds is 10. The number of amides is 3. The van der Waals surface area contributed by atoms with Crippen molar-refractivity contribution >= 4 is 23.6 Å². The van der Waals surface area contributed by atoms with E-state index in [-0.39, 0.29) is 23.8 Å². The second kappa shape index (κ2) is 13.3. The summed E-state index contributed by atoms with van der Waals surface area (Å²) in [5, 5.41) is 5.99. The van der Waals surface area contributed by atoms with Crippen molar-refractivity contribution < 1.29 is 19.1 Å². The molecule has 40 heavy (non-hydrogen) atoms. The number of nitrogens with zero attached hydrogens (tertiary/aromatic N) is 1. The van der Waals surface area contributed by atoms with E-state index >= 15 is 0 Å². The fourth-order valence-electron chi connectivity index (χ4n) is 5.08. The lowest BCUT2D eigenvalue weighted by atomic mass is 9.87. The summed E-state index contributed by atoms with van der Waals surface area (Å²) in [6.07, 6.45) is 3.29. The third-order valence-electron chi connectivity index (χ3n) is 7.38. The van der Waals surface area contributed by atoms with Gasteiger partial charge in [-0.05, 0) is 94.9 Å². The topological polar surface area (TPSA) is 87.7 Å². The smallest absolute Gasteiger partial charge is 0.408 e. The maximum Gasteiger partial charge on any atom is 0.408 e. The van der Waals surface area contributed by atoms with Crippen LogP contribution in [0.1, 0.15) is 95.5 Å². The molecule has 0 spiro atoms. The van der Waals surface area contributed by atoms with Crippen molar-refractivity contribution in [2.24, 2.45) is 5.92 Å². The van der Waals surface area contributed by atoms with Crippen LogP contribution in [0.25, 0.3) is 0 Å². The molecule has 1 saturated carbocycles. The Hall–Kier alpha value is -3.35. The summed E-state index contributed by atoms with van der Waals surface area (Å²) >= 11 is 0. The molecule has 2 aromatic carbocycles. The molecule has 2 N–H and O–H groups in total. The molecule has 1 fully saturated rings. The van der Waals surface area contributed by atoms with Gasteiger partial charge in [-0.2, -0.15) is 0 Å². The number of nitrogens with one attached hydrogen (secondary N) is 2. The monoisotopic (exact) mass is 549 g/mol. The van der Waals surface area contributed by atoms with Gasteiger partial charge in [-0.1, -0.05) is 63.2 Å². The first-order valence-corrected chi connectivity index (χ1v) is 14.6. The zero-order valence-corrected chi connectivity index (χ0v) is 25.5. The Balaban J connectivity index is 2.05. The molecule has 0 saturated heterocycles. The molecule has 0 bridgehead atoms. The minimum Gasteiger partial charge on any atom is -0.444 e. The molecule has 7 nitrogen and oxygen atoms in total. The van der Waals surface area contributed by atoms with E-state index < -0.39 is 23.8 Å². The Kier molecular flexibility index (Phi) is 10.4. The number of para-hydroxylation sites is 1. The molecule has 3 amide bonds. The highest BCUT2D eigenvalue weighted by atomic mass is 16.6. The molecule has 2 atom stereocenters. The fourth-order valence-corrected chi connectivity index (χ4v) is 5.08. The highest BCUT2D eigenvalue weighted by Gasteiger charge is 2.42. The average Bonchev–Trinajstić information content (AvgIpc) is 2.83. The zero-order chi connectivity index (χ0) is 29.6. The van der Waals surface area contributed by atoms with Gasteiger partial charge in [0.1, 0.15) is 17.7 Å².